The number of β-amino-alcohol motifs (C(OH)–C–C–N with tert-alkyl or cyclic N) is 1. The summed E-state index contributed by atoms with van der Waals surface area (Å²) in [7, 11) is 1.71. The maximum Gasteiger partial charge on any atom is 0.236 e. The van der Waals surface area contributed by atoms with Gasteiger partial charge in [0.15, 0.2) is 5.82 Å². The van der Waals surface area contributed by atoms with Gasteiger partial charge >= 0.3 is 0 Å². The molecule has 33 heavy (non-hydrogen) atoms. The summed E-state index contributed by atoms with van der Waals surface area (Å²) < 4.78 is 16.7. The third kappa shape index (κ3) is 4.78. The fourth-order valence-electron chi connectivity index (χ4n) is 4.03. The van der Waals surface area contributed by atoms with Crippen molar-refractivity contribution in [3.8, 4) is 11.3 Å². The van der Waals surface area contributed by atoms with E-state index in [9.17, 15) is 14.3 Å². The number of aliphatic hydroxyl groups is 1. The molecule has 1 amide bonds. The van der Waals surface area contributed by atoms with Gasteiger partial charge in [-0.2, -0.15) is 0 Å². The lowest BCUT2D eigenvalue weighted by Gasteiger charge is -2.36. The lowest BCUT2D eigenvalue weighted by atomic mass is 10.0. The molecule has 11 heteroatoms. The number of carbonyl (C=O) groups is 1. The minimum absolute atomic E-state index is 0.0573. The molecule has 2 atom stereocenters. The van der Waals surface area contributed by atoms with Crippen LogP contribution in [-0.4, -0.2) is 74.3 Å². The Morgan fingerprint density at radius 2 is 2.15 bits per heavy atom. The second kappa shape index (κ2) is 9.58. The lowest BCUT2D eigenvalue weighted by Crippen LogP contribution is -2.53. The SMILES string of the molecule is CNCC(=O)N1CC[C@@H](Nc2ncc(Cl)c(-c3cc(F)c4ncn(C(C)C)c4c3)n2)[C@H](O)C1. The molecule has 4 rings (SSSR count). The molecule has 176 valence electrons. The zero-order valence-electron chi connectivity index (χ0n) is 18.7. The lowest BCUT2D eigenvalue weighted by molar-refractivity contribution is -0.133. The predicted octanol–water partition coefficient (Wildman–Crippen LogP) is 2.46. The molecule has 3 N–H and O–H groups in total. The average molecular weight is 476 g/mol. The van der Waals surface area contributed by atoms with Crippen molar-refractivity contribution in [3.63, 3.8) is 0 Å². The number of nitrogens with zero attached hydrogens (tertiary/aromatic N) is 5. The topological polar surface area (TPSA) is 108 Å². The van der Waals surface area contributed by atoms with Crippen LogP contribution in [0.3, 0.4) is 0 Å². The number of halogens is 2. The average Bonchev–Trinajstić information content (AvgIpc) is 3.21. The Hall–Kier alpha value is -2.82. The first-order valence-electron chi connectivity index (χ1n) is 10.8. The maximum absolute atomic E-state index is 14.8. The Labute approximate surface area is 196 Å². The number of rotatable bonds is 6. The van der Waals surface area contributed by atoms with Crippen LogP contribution in [0.25, 0.3) is 22.3 Å². The van der Waals surface area contributed by atoms with Crippen LogP contribution in [0.4, 0.5) is 10.3 Å². The first kappa shape index (κ1) is 23.3. The monoisotopic (exact) mass is 475 g/mol. The fourth-order valence-corrected chi connectivity index (χ4v) is 4.23. The summed E-state index contributed by atoms with van der Waals surface area (Å²) in [6.07, 6.45) is 2.82. The second-order valence-corrected chi connectivity index (χ2v) is 8.85. The van der Waals surface area contributed by atoms with E-state index in [-0.39, 0.29) is 42.1 Å². The molecule has 0 unspecified atom stereocenters. The quantitative estimate of drug-likeness (QED) is 0.502. The Morgan fingerprint density at radius 3 is 2.85 bits per heavy atom. The summed E-state index contributed by atoms with van der Waals surface area (Å²) in [5.74, 6) is -0.246. The van der Waals surface area contributed by atoms with Gasteiger partial charge in [-0.05, 0) is 39.4 Å². The van der Waals surface area contributed by atoms with Crippen molar-refractivity contribution in [1.29, 1.82) is 0 Å². The van der Waals surface area contributed by atoms with Crippen molar-refractivity contribution in [2.75, 3.05) is 32.0 Å². The molecule has 0 saturated carbocycles. The smallest absolute Gasteiger partial charge is 0.236 e. The van der Waals surface area contributed by atoms with Crippen molar-refractivity contribution in [1.82, 2.24) is 29.7 Å². The number of fused-ring (bicyclic) bond motifs is 1. The number of nitrogens with one attached hydrogen (secondary N) is 2. The van der Waals surface area contributed by atoms with Crippen molar-refractivity contribution < 1.29 is 14.3 Å². The third-order valence-electron chi connectivity index (χ3n) is 5.78. The van der Waals surface area contributed by atoms with E-state index in [2.05, 4.69) is 25.6 Å². The molecule has 3 aromatic rings. The van der Waals surface area contributed by atoms with Gasteiger partial charge in [0.25, 0.3) is 0 Å². The minimum atomic E-state index is -0.781. The van der Waals surface area contributed by atoms with E-state index in [1.165, 1.54) is 12.3 Å². The van der Waals surface area contributed by atoms with Crippen molar-refractivity contribution in [2.45, 2.75) is 38.5 Å². The first-order chi connectivity index (χ1) is 15.8. The molecule has 3 heterocycles. The predicted molar refractivity (Wildman–Crippen MR) is 125 cm³/mol. The van der Waals surface area contributed by atoms with E-state index in [1.54, 1.807) is 18.3 Å². The number of anilines is 1. The molecule has 1 aromatic carbocycles. The van der Waals surface area contributed by atoms with Crippen molar-refractivity contribution >= 4 is 34.5 Å². The Kier molecular flexibility index (Phi) is 6.78. The largest absolute Gasteiger partial charge is 0.389 e. The highest BCUT2D eigenvalue weighted by atomic mass is 35.5. The van der Waals surface area contributed by atoms with E-state index in [1.807, 2.05) is 24.5 Å². The van der Waals surface area contributed by atoms with E-state index < -0.39 is 11.9 Å². The van der Waals surface area contributed by atoms with Crippen LogP contribution in [0.1, 0.15) is 26.3 Å². The number of aliphatic hydroxyl groups excluding tert-OH is 1. The highest BCUT2D eigenvalue weighted by Gasteiger charge is 2.30. The molecular formula is C22H27ClFN7O2. The number of imidazole rings is 1. The number of hydrogen-bond donors (Lipinski definition) is 3. The van der Waals surface area contributed by atoms with Gasteiger partial charge in [0.05, 0.1) is 47.4 Å². The summed E-state index contributed by atoms with van der Waals surface area (Å²) in [4.78, 5) is 26.6. The van der Waals surface area contributed by atoms with Crippen LogP contribution in [0.2, 0.25) is 5.02 Å². The van der Waals surface area contributed by atoms with Gasteiger partial charge in [-0.25, -0.2) is 19.3 Å². The van der Waals surface area contributed by atoms with Gasteiger partial charge in [0.1, 0.15) is 5.52 Å². The number of carbonyl (C=O) groups excluding carboxylic acids is 1. The first-order valence-corrected chi connectivity index (χ1v) is 11.2. The van der Waals surface area contributed by atoms with Gasteiger partial charge in [0, 0.05) is 24.7 Å². The van der Waals surface area contributed by atoms with Crippen molar-refractivity contribution in [3.05, 3.63) is 35.5 Å². The summed E-state index contributed by atoms with van der Waals surface area (Å²) in [5.41, 5.74) is 1.82. The summed E-state index contributed by atoms with van der Waals surface area (Å²) in [6.45, 7) is 4.95. The fraction of sp³-hybridized carbons (Fsp3) is 0.455. The van der Waals surface area contributed by atoms with Gasteiger partial charge < -0.3 is 25.2 Å². The Bertz CT molecular complexity index is 1170. The molecule has 0 bridgehead atoms. The maximum atomic E-state index is 14.8. The molecule has 0 spiro atoms. The number of likely N-dealkylation sites (tertiary alicyclic amines) is 1. The summed E-state index contributed by atoms with van der Waals surface area (Å²) in [5, 5.41) is 16.8. The normalized spacial score (nSPS) is 18.8. The molecule has 1 fully saturated rings. The summed E-state index contributed by atoms with van der Waals surface area (Å²) >= 11 is 6.37. The number of piperidine rings is 1. The zero-order chi connectivity index (χ0) is 23.7. The van der Waals surface area contributed by atoms with Crippen molar-refractivity contribution in [2.24, 2.45) is 0 Å². The minimum Gasteiger partial charge on any atom is -0.389 e. The number of likely N-dealkylation sites (N-methyl/N-ethyl adjacent to an activating group) is 1. The van der Waals surface area contributed by atoms with Gasteiger partial charge in [-0.3, -0.25) is 4.79 Å². The highest BCUT2D eigenvalue weighted by molar-refractivity contribution is 6.33. The highest BCUT2D eigenvalue weighted by Crippen LogP contribution is 2.31. The van der Waals surface area contributed by atoms with Crippen LogP contribution < -0.4 is 10.6 Å². The van der Waals surface area contributed by atoms with Crippen LogP contribution >= 0.6 is 11.6 Å². The molecule has 1 saturated heterocycles. The van der Waals surface area contributed by atoms with Gasteiger partial charge in [-0.15, -0.1) is 0 Å². The Morgan fingerprint density at radius 1 is 1.36 bits per heavy atom. The van der Waals surface area contributed by atoms with Gasteiger partial charge in [-0.1, -0.05) is 11.6 Å². The van der Waals surface area contributed by atoms with E-state index >= 15 is 0 Å². The second-order valence-electron chi connectivity index (χ2n) is 8.44. The van der Waals surface area contributed by atoms with Gasteiger partial charge in [0.2, 0.25) is 11.9 Å². The molecule has 0 radical (unpaired) electrons. The molecule has 0 aliphatic carbocycles. The van der Waals surface area contributed by atoms with Crippen LogP contribution in [-0.2, 0) is 4.79 Å². The van der Waals surface area contributed by atoms with Crippen LogP contribution in [0.15, 0.2) is 24.7 Å². The molecule has 1 aliphatic heterocycles. The summed E-state index contributed by atoms with van der Waals surface area (Å²) in [6, 6.07) is 2.94. The third-order valence-corrected chi connectivity index (χ3v) is 6.06. The number of benzene rings is 1. The molecule has 2 aromatic heterocycles. The van der Waals surface area contributed by atoms with E-state index in [4.69, 9.17) is 11.6 Å². The number of hydrogen-bond acceptors (Lipinski definition) is 7. The zero-order valence-corrected chi connectivity index (χ0v) is 19.5. The standard InChI is InChI=1S/C22H27ClFN7O2/c1-12(2)31-11-27-21-15(24)6-13(7-17(21)31)20-14(23)8-26-22(29-20)28-16-4-5-30(10-18(16)32)19(33)9-25-3/h6-8,11-12,16,18,25,32H,4-5,9-10H2,1-3H3,(H,26,28,29)/t16-,18-/m1/s1. The van der Waals surface area contributed by atoms with Crippen LogP contribution in [0.5, 0.6) is 0 Å². The Balaban J connectivity index is 1.58. The molecule has 9 nitrogen and oxygen atoms in total. The van der Waals surface area contributed by atoms with Crippen LogP contribution in [0, 0.1) is 5.82 Å². The number of aromatic nitrogens is 4. The molecule has 1 aliphatic rings. The number of amides is 1. The van der Waals surface area contributed by atoms with E-state index in [0.29, 0.717) is 35.3 Å². The molecular weight excluding hydrogens is 449 g/mol. The van der Waals surface area contributed by atoms with E-state index in [0.717, 1.165) is 0 Å².